The second-order valence-corrected chi connectivity index (χ2v) is 8.71. The van der Waals surface area contributed by atoms with Crippen LogP contribution in [0.2, 0.25) is 0 Å². The molecule has 0 saturated heterocycles. The SMILES string of the molecule is [B]c1ccc(NC(=O)[C@@](C)(O)CS(=O)(=O)c2ccc(C(=O)NC)cc2)nc1C(F)(F)F. The molecule has 8 nitrogen and oxygen atoms in total. The van der Waals surface area contributed by atoms with E-state index in [1.165, 1.54) is 19.2 Å². The molecule has 0 fully saturated rings. The Kier molecular flexibility index (Phi) is 6.81. The zero-order valence-corrected chi connectivity index (χ0v) is 17.1. The van der Waals surface area contributed by atoms with E-state index in [1.807, 2.05) is 5.32 Å². The summed E-state index contributed by atoms with van der Waals surface area (Å²) in [5, 5.41) is 14.7. The van der Waals surface area contributed by atoms with E-state index in [1.54, 1.807) is 0 Å². The number of aliphatic hydroxyl groups is 1. The van der Waals surface area contributed by atoms with Gasteiger partial charge in [-0.05, 0) is 37.3 Å². The predicted molar refractivity (Wildman–Crippen MR) is 106 cm³/mol. The number of hydrogen-bond donors (Lipinski definition) is 3. The Morgan fingerprint density at radius 3 is 2.23 bits per heavy atom. The number of sulfone groups is 1. The zero-order valence-electron chi connectivity index (χ0n) is 16.3. The van der Waals surface area contributed by atoms with Crippen molar-refractivity contribution in [3.63, 3.8) is 0 Å². The minimum atomic E-state index is -4.88. The number of halogens is 3. The normalized spacial score (nSPS) is 13.9. The molecule has 0 saturated carbocycles. The monoisotopic (exact) mass is 455 g/mol. The maximum Gasteiger partial charge on any atom is 0.432 e. The summed E-state index contributed by atoms with van der Waals surface area (Å²) in [4.78, 5) is 26.8. The number of carbonyl (C=O) groups is 2. The van der Waals surface area contributed by atoms with Crippen LogP contribution in [0.15, 0.2) is 41.3 Å². The van der Waals surface area contributed by atoms with Crippen LogP contribution in [0, 0.1) is 0 Å². The van der Waals surface area contributed by atoms with Crippen LogP contribution in [-0.4, -0.2) is 56.6 Å². The lowest BCUT2D eigenvalue weighted by atomic mass is 9.94. The summed E-state index contributed by atoms with van der Waals surface area (Å²) in [5.41, 5.74) is -4.42. The number of hydrogen-bond acceptors (Lipinski definition) is 6. The highest BCUT2D eigenvalue weighted by Gasteiger charge is 2.38. The Balaban J connectivity index is 2.21. The smallest absolute Gasteiger partial charge is 0.379 e. The first kappa shape index (κ1) is 24.3. The molecule has 3 N–H and O–H groups in total. The van der Waals surface area contributed by atoms with E-state index in [-0.39, 0.29) is 10.5 Å². The van der Waals surface area contributed by atoms with Gasteiger partial charge in [-0.2, -0.15) is 13.2 Å². The molecular weight excluding hydrogens is 438 g/mol. The summed E-state index contributed by atoms with van der Waals surface area (Å²) in [6.07, 6.45) is -4.88. The molecule has 0 unspecified atom stereocenters. The highest BCUT2D eigenvalue weighted by molar-refractivity contribution is 7.91. The van der Waals surface area contributed by atoms with Crippen molar-refractivity contribution in [3.05, 3.63) is 47.7 Å². The van der Waals surface area contributed by atoms with Crippen LogP contribution in [0.3, 0.4) is 0 Å². The van der Waals surface area contributed by atoms with E-state index >= 15 is 0 Å². The summed E-state index contributed by atoms with van der Waals surface area (Å²) >= 11 is 0. The maximum absolute atomic E-state index is 12.9. The van der Waals surface area contributed by atoms with Gasteiger partial charge in [0.2, 0.25) is 0 Å². The van der Waals surface area contributed by atoms with Crippen molar-refractivity contribution < 1.29 is 36.3 Å². The van der Waals surface area contributed by atoms with Gasteiger partial charge in [0.05, 0.1) is 10.6 Å². The summed E-state index contributed by atoms with van der Waals surface area (Å²) in [5.74, 6) is -3.38. The van der Waals surface area contributed by atoms with E-state index in [4.69, 9.17) is 7.85 Å². The van der Waals surface area contributed by atoms with Crippen LogP contribution in [0.5, 0.6) is 0 Å². The lowest BCUT2D eigenvalue weighted by molar-refractivity contribution is -0.140. The van der Waals surface area contributed by atoms with E-state index < -0.39 is 56.2 Å². The molecule has 2 radical (unpaired) electrons. The summed E-state index contributed by atoms with van der Waals surface area (Å²) in [6.45, 7) is 0.890. The lowest BCUT2D eigenvalue weighted by Gasteiger charge is -2.22. The van der Waals surface area contributed by atoms with E-state index in [0.717, 1.165) is 31.2 Å². The highest BCUT2D eigenvalue weighted by atomic mass is 32.2. The molecule has 2 aromatic rings. The van der Waals surface area contributed by atoms with Crippen molar-refractivity contribution in [2.45, 2.75) is 23.6 Å². The number of aromatic nitrogens is 1. The van der Waals surface area contributed by atoms with Gasteiger partial charge in [-0.15, -0.1) is 0 Å². The predicted octanol–water partition coefficient (Wildman–Crippen LogP) is 0.417. The minimum Gasteiger partial charge on any atom is -0.379 e. The number of nitrogens with one attached hydrogen (secondary N) is 2. The van der Waals surface area contributed by atoms with E-state index in [9.17, 15) is 36.3 Å². The van der Waals surface area contributed by atoms with Gasteiger partial charge in [-0.1, -0.05) is 11.5 Å². The fraction of sp³-hybridized carbons (Fsp3) is 0.278. The van der Waals surface area contributed by atoms with Crippen LogP contribution in [0.1, 0.15) is 23.0 Å². The van der Waals surface area contributed by atoms with Crippen molar-refractivity contribution in [2.24, 2.45) is 0 Å². The number of rotatable bonds is 6. The van der Waals surface area contributed by atoms with E-state index in [0.29, 0.717) is 0 Å². The Labute approximate surface area is 177 Å². The molecule has 0 aliphatic heterocycles. The Hall–Kier alpha value is -2.93. The maximum atomic E-state index is 12.9. The van der Waals surface area contributed by atoms with E-state index in [2.05, 4.69) is 10.3 Å². The van der Waals surface area contributed by atoms with Gasteiger partial charge in [-0.25, -0.2) is 13.4 Å². The number of benzene rings is 1. The molecule has 2 rings (SSSR count). The van der Waals surface area contributed by atoms with Gasteiger partial charge in [0.15, 0.2) is 15.4 Å². The van der Waals surface area contributed by atoms with Gasteiger partial charge in [-0.3, -0.25) is 9.59 Å². The van der Waals surface area contributed by atoms with Gasteiger partial charge >= 0.3 is 6.18 Å². The number of alkyl halides is 3. The van der Waals surface area contributed by atoms with Crippen molar-refractivity contribution in [2.75, 3.05) is 18.1 Å². The van der Waals surface area contributed by atoms with Crippen LogP contribution in [-0.2, 0) is 20.8 Å². The second-order valence-electron chi connectivity index (χ2n) is 6.72. The molecule has 1 atom stereocenters. The van der Waals surface area contributed by atoms with Gasteiger partial charge in [0, 0.05) is 12.6 Å². The molecule has 31 heavy (non-hydrogen) atoms. The largest absolute Gasteiger partial charge is 0.432 e. The molecule has 0 spiro atoms. The zero-order chi connectivity index (χ0) is 23.6. The summed E-state index contributed by atoms with van der Waals surface area (Å²) < 4.78 is 63.8. The first-order valence-electron chi connectivity index (χ1n) is 8.60. The fourth-order valence-corrected chi connectivity index (χ4v) is 4.08. The first-order chi connectivity index (χ1) is 14.2. The molecule has 164 valence electrons. The Morgan fingerprint density at radius 1 is 1.13 bits per heavy atom. The third kappa shape index (κ3) is 5.82. The third-order valence-corrected chi connectivity index (χ3v) is 6.03. The molecule has 0 aliphatic rings. The van der Waals surface area contributed by atoms with Crippen LogP contribution < -0.4 is 16.1 Å². The molecule has 1 heterocycles. The molecule has 13 heteroatoms. The van der Waals surface area contributed by atoms with Gasteiger partial charge in [0.1, 0.15) is 19.4 Å². The fourth-order valence-electron chi connectivity index (χ4n) is 2.49. The van der Waals surface area contributed by atoms with Crippen molar-refractivity contribution in [1.82, 2.24) is 10.3 Å². The van der Waals surface area contributed by atoms with Crippen molar-refractivity contribution in [1.29, 1.82) is 0 Å². The van der Waals surface area contributed by atoms with Crippen LogP contribution >= 0.6 is 0 Å². The standard InChI is InChI=1S/C18H17BF3N3O5S/c1-17(28,9-31(29,30)11-5-3-10(4-6-11)15(26)23-2)16(27)25-13-8-7-12(19)14(24-13)18(20,21)22/h3-8,28H,9H2,1-2H3,(H,23,26)(H,24,25,27)/t17-/m0/s1. The van der Waals surface area contributed by atoms with Crippen LogP contribution in [0.4, 0.5) is 19.0 Å². The second kappa shape index (κ2) is 8.67. The molecule has 0 bridgehead atoms. The van der Waals surface area contributed by atoms with Gasteiger partial charge in [0.25, 0.3) is 11.8 Å². The van der Waals surface area contributed by atoms with Crippen molar-refractivity contribution >= 4 is 40.8 Å². The quantitative estimate of drug-likeness (QED) is 0.543. The van der Waals surface area contributed by atoms with Gasteiger partial charge < -0.3 is 15.7 Å². The number of carbonyl (C=O) groups excluding carboxylic acids is 2. The average molecular weight is 455 g/mol. The number of amides is 2. The lowest BCUT2D eigenvalue weighted by Crippen LogP contribution is -2.46. The molecule has 0 aliphatic carbocycles. The number of pyridine rings is 1. The molecule has 2 amide bonds. The molecular formula is C18H17BF3N3O5S. The first-order valence-corrected chi connectivity index (χ1v) is 10.2. The molecule has 1 aromatic heterocycles. The van der Waals surface area contributed by atoms with Crippen LogP contribution in [0.25, 0.3) is 0 Å². The highest BCUT2D eigenvalue weighted by Crippen LogP contribution is 2.27. The average Bonchev–Trinajstić information content (AvgIpc) is 2.67. The third-order valence-electron chi connectivity index (χ3n) is 4.10. The topological polar surface area (TPSA) is 125 Å². The molecule has 1 aromatic carbocycles. The number of anilines is 1. The van der Waals surface area contributed by atoms with Crippen molar-refractivity contribution in [3.8, 4) is 0 Å². The summed E-state index contributed by atoms with van der Waals surface area (Å²) in [7, 11) is 2.42. The number of nitrogens with zero attached hydrogens (tertiary/aromatic N) is 1. The Morgan fingerprint density at radius 2 is 1.71 bits per heavy atom. The minimum absolute atomic E-state index is 0.195. The summed E-state index contributed by atoms with van der Waals surface area (Å²) in [6, 6.07) is 6.60. The Bertz CT molecular complexity index is 1100.